The molecule has 0 bridgehead atoms. The minimum atomic E-state index is -3.85. The first kappa shape index (κ1) is 13.6. The molecule has 0 radical (unpaired) electrons. The lowest BCUT2D eigenvalue weighted by molar-refractivity contribution is 0.596. The molecule has 0 amide bonds. The van der Waals surface area contributed by atoms with E-state index in [4.69, 9.17) is 5.14 Å². The van der Waals surface area contributed by atoms with Crippen LogP contribution < -0.4 is 5.14 Å². The van der Waals surface area contributed by atoms with E-state index in [9.17, 15) is 12.8 Å². The Labute approximate surface area is 111 Å². The van der Waals surface area contributed by atoms with Gasteiger partial charge in [0.2, 0.25) is 10.0 Å². The first-order valence-electron chi connectivity index (χ1n) is 5.55. The van der Waals surface area contributed by atoms with Crippen molar-refractivity contribution in [3.05, 3.63) is 47.5 Å². The molecule has 1 aromatic carbocycles. The smallest absolute Gasteiger partial charge is 0.238 e. The van der Waals surface area contributed by atoms with Gasteiger partial charge in [0.05, 0.1) is 4.90 Å². The second-order valence-corrected chi connectivity index (χ2v) is 5.89. The summed E-state index contributed by atoms with van der Waals surface area (Å²) >= 11 is 0. The maximum absolute atomic E-state index is 13.9. The Kier molecular flexibility index (Phi) is 3.38. The second-order valence-electron chi connectivity index (χ2n) is 4.33. The van der Waals surface area contributed by atoms with Crippen LogP contribution in [0, 0.1) is 19.7 Å². The summed E-state index contributed by atoms with van der Waals surface area (Å²) in [7, 11) is -3.85. The predicted octanol–water partition coefficient (Wildman–Crippen LogP) is 2.15. The molecular formula is C13H13FN2O2S. The lowest BCUT2D eigenvalue weighted by atomic mass is 10.0. The molecular weight excluding hydrogens is 267 g/mol. The van der Waals surface area contributed by atoms with E-state index in [1.807, 2.05) is 0 Å². The summed E-state index contributed by atoms with van der Waals surface area (Å²) in [5.41, 5.74) is 2.24. The van der Waals surface area contributed by atoms with E-state index in [2.05, 4.69) is 4.98 Å². The number of halogens is 1. The Morgan fingerprint density at radius 1 is 1.11 bits per heavy atom. The van der Waals surface area contributed by atoms with Gasteiger partial charge in [-0.1, -0.05) is 0 Å². The summed E-state index contributed by atoms with van der Waals surface area (Å²) in [6, 6.07) is 6.87. The molecule has 0 aliphatic heterocycles. The third kappa shape index (κ3) is 2.97. The molecule has 0 aliphatic carbocycles. The van der Waals surface area contributed by atoms with Crippen LogP contribution in [0.5, 0.6) is 0 Å². The molecule has 6 heteroatoms. The monoisotopic (exact) mass is 280 g/mol. The van der Waals surface area contributed by atoms with Crippen LogP contribution in [0.25, 0.3) is 11.1 Å². The molecule has 1 aromatic heterocycles. The van der Waals surface area contributed by atoms with Gasteiger partial charge < -0.3 is 0 Å². The van der Waals surface area contributed by atoms with E-state index in [1.165, 1.54) is 6.07 Å². The van der Waals surface area contributed by atoms with E-state index in [0.29, 0.717) is 5.56 Å². The maximum atomic E-state index is 13.9. The Bertz CT molecular complexity index is 722. The van der Waals surface area contributed by atoms with E-state index in [0.717, 1.165) is 23.5 Å². The fourth-order valence-corrected chi connectivity index (χ4v) is 2.43. The number of benzene rings is 1. The highest BCUT2D eigenvalue weighted by molar-refractivity contribution is 7.89. The molecule has 4 nitrogen and oxygen atoms in total. The summed E-state index contributed by atoms with van der Waals surface area (Å²) < 4.78 is 36.5. The van der Waals surface area contributed by atoms with E-state index in [-0.39, 0.29) is 10.5 Å². The summed E-state index contributed by atoms with van der Waals surface area (Å²) in [6.07, 6.45) is 0. The first-order valence-corrected chi connectivity index (χ1v) is 7.10. The van der Waals surface area contributed by atoms with Gasteiger partial charge in [0.1, 0.15) is 5.82 Å². The van der Waals surface area contributed by atoms with Gasteiger partial charge in [-0.15, -0.1) is 0 Å². The fourth-order valence-electron chi connectivity index (χ4n) is 1.89. The van der Waals surface area contributed by atoms with Crippen molar-refractivity contribution in [2.75, 3.05) is 0 Å². The molecule has 100 valence electrons. The van der Waals surface area contributed by atoms with Gasteiger partial charge in [0, 0.05) is 17.0 Å². The molecule has 2 N–H and O–H groups in total. The average molecular weight is 280 g/mol. The van der Waals surface area contributed by atoms with Gasteiger partial charge in [-0.05, 0) is 49.7 Å². The van der Waals surface area contributed by atoms with Crippen molar-refractivity contribution in [2.45, 2.75) is 18.7 Å². The van der Waals surface area contributed by atoms with Crippen LogP contribution in [0.3, 0.4) is 0 Å². The summed E-state index contributed by atoms with van der Waals surface area (Å²) in [4.78, 5) is 4.08. The van der Waals surface area contributed by atoms with Gasteiger partial charge in [-0.25, -0.2) is 17.9 Å². The summed E-state index contributed by atoms with van der Waals surface area (Å²) in [5.74, 6) is -0.502. The highest BCUT2D eigenvalue weighted by Gasteiger charge is 2.13. The number of hydrogen-bond acceptors (Lipinski definition) is 3. The number of nitrogens with zero attached hydrogens (tertiary/aromatic N) is 1. The number of nitrogens with two attached hydrogens (primary N) is 1. The maximum Gasteiger partial charge on any atom is 0.238 e. The highest BCUT2D eigenvalue weighted by atomic mass is 32.2. The molecule has 19 heavy (non-hydrogen) atoms. The molecule has 0 aliphatic rings. The number of primary sulfonamides is 1. The quantitative estimate of drug-likeness (QED) is 0.916. The van der Waals surface area contributed by atoms with Crippen molar-refractivity contribution in [1.29, 1.82) is 0 Å². The number of aromatic nitrogens is 1. The third-order valence-electron chi connectivity index (χ3n) is 2.66. The van der Waals surface area contributed by atoms with Crippen molar-refractivity contribution >= 4 is 10.0 Å². The topological polar surface area (TPSA) is 73.1 Å². The lowest BCUT2D eigenvalue weighted by Crippen LogP contribution is -2.12. The standard InChI is InChI=1S/C13H13FN2O2S/c1-8-5-10(6-9(2)16-8)12-7-11(19(15,17)18)3-4-13(12)14/h3-7H,1-2H3,(H2,15,17,18). The van der Waals surface area contributed by atoms with E-state index in [1.54, 1.807) is 26.0 Å². The van der Waals surface area contributed by atoms with Gasteiger partial charge >= 0.3 is 0 Å². The Morgan fingerprint density at radius 2 is 1.68 bits per heavy atom. The van der Waals surface area contributed by atoms with Crippen LogP contribution in [-0.2, 0) is 10.0 Å². The van der Waals surface area contributed by atoms with Crippen LogP contribution in [0.1, 0.15) is 11.4 Å². The summed E-state index contributed by atoms with van der Waals surface area (Å²) in [5, 5.41) is 5.05. The van der Waals surface area contributed by atoms with E-state index < -0.39 is 15.8 Å². The Balaban J connectivity index is 2.68. The zero-order valence-electron chi connectivity index (χ0n) is 10.5. The zero-order chi connectivity index (χ0) is 14.2. The number of aryl methyl sites for hydroxylation is 2. The minimum Gasteiger partial charge on any atom is -0.258 e. The third-order valence-corrected chi connectivity index (χ3v) is 3.57. The van der Waals surface area contributed by atoms with Crippen molar-refractivity contribution in [3.8, 4) is 11.1 Å². The Hall–Kier alpha value is -1.79. The SMILES string of the molecule is Cc1cc(-c2cc(S(N)(=O)=O)ccc2F)cc(C)n1. The van der Waals surface area contributed by atoms with Gasteiger partial charge in [-0.3, -0.25) is 4.98 Å². The number of rotatable bonds is 2. The van der Waals surface area contributed by atoms with Crippen molar-refractivity contribution in [3.63, 3.8) is 0 Å². The molecule has 0 fully saturated rings. The normalized spacial score (nSPS) is 11.6. The molecule has 0 atom stereocenters. The van der Waals surface area contributed by atoms with Crippen LogP contribution in [0.15, 0.2) is 35.2 Å². The lowest BCUT2D eigenvalue weighted by Gasteiger charge is -2.08. The van der Waals surface area contributed by atoms with E-state index >= 15 is 0 Å². The first-order chi connectivity index (χ1) is 8.77. The average Bonchev–Trinajstić information content (AvgIpc) is 2.26. The second kappa shape index (κ2) is 4.71. The minimum absolute atomic E-state index is 0.115. The zero-order valence-corrected chi connectivity index (χ0v) is 11.3. The number of sulfonamides is 1. The van der Waals surface area contributed by atoms with Gasteiger partial charge in [0.25, 0.3) is 0 Å². The molecule has 1 heterocycles. The van der Waals surface area contributed by atoms with Crippen LogP contribution >= 0.6 is 0 Å². The summed E-state index contributed by atoms with van der Waals surface area (Å²) in [6.45, 7) is 3.58. The fraction of sp³-hybridized carbons (Fsp3) is 0.154. The van der Waals surface area contributed by atoms with Crippen molar-refractivity contribution in [1.82, 2.24) is 4.98 Å². The predicted molar refractivity (Wildman–Crippen MR) is 70.5 cm³/mol. The number of hydrogen-bond donors (Lipinski definition) is 1. The molecule has 0 unspecified atom stereocenters. The molecule has 0 saturated heterocycles. The van der Waals surface area contributed by atoms with Crippen LogP contribution in [-0.4, -0.2) is 13.4 Å². The highest BCUT2D eigenvalue weighted by Crippen LogP contribution is 2.26. The van der Waals surface area contributed by atoms with Crippen molar-refractivity contribution in [2.24, 2.45) is 5.14 Å². The molecule has 0 spiro atoms. The molecule has 0 saturated carbocycles. The molecule has 2 rings (SSSR count). The Morgan fingerprint density at radius 3 is 2.21 bits per heavy atom. The van der Waals surface area contributed by atoms with Crippen LogP contribution in [0.2, 0.25) is 0 Å². The van der Waals surface area contributed by atoms with Gasteiger partial charge in [-0.2, -0.15) is 0 Å². The van der Waals surface area contributed by atoms with Crippen molar-refractivity contribution < 1.29 is 12.8 Å². The largest absolute Gasteiger partial charge is 0.258 e. The molecule has 2 aromatic rings. The van der Waals surface area contributed by atoms with Gasteiger partial charge in [0.15, 0.2) is 0 Å². The number of pyridine rings is 1. The van der Waals surface area contributed by atoms with Crippen LogP contribution in [0.4, 0.5) is 4.39 Å².